The third-order valence-corrected chi connectivity index (χ3v) is 12.2. The summed E-state index contributed by atoms with van der Waals surface area (Å²) >= 11 is 0. The molecule has 0 aromatic heterocycles. The SMILES string of the molecule is CCCCCCCC(C(=O)Nc1ccccc1O)[Si](CC)(CC)CC. The Balaban J connectivity index is 2.88. The maximum absolute atomic E-state index is 13.1. The lowest BCUT2D eigenvalue weighted by Gasteiger charge is -2.36. The third-order valence-electron chi connectivity index (χ3n) is 5.93. The van der Waals surface area contributed by atoms with Crippen molar-refractivity contribution < 1.29 is 9.90 Å². The fourth-order valence-corrected chi connectivity index (χ4v) is 8.38. The van der Waals surface area contributed by atoms with Gasteiger partial charge in [-0.3, -0.25) is 4.79 Å². The highest BCUT2D eigenvalue weighted by molar-refractivity contribution is 6.84. The van der Waals surface area contributed by atoms with E-state index < -0.39 is 8.07 Å². The van der Waals surface area contributed by atoms with Crippen molar-refractivity contribution in [2.45, 2.75) is 89.9 Å². The number of rotatable bonds is 12. The molecule has 1 aromatic rings. The molecule has 3 nitrogen and oxygen atoms in total. The minimum absolute atomic E-state index is 0.120. The maximum Gasteiger partial charge on any atom is 0.224 e. The molecule has 0 radical (unpaired) electrons. The van der Waals surface area contributed by atoms with Crippen molar-refractivity contribution in [1.29, 1.82) is 0 Å². The Morgan fingerprint density at radius 1 is 1.00 bits per heavy atom. The molecular formula is C21H37NO2Si. The van der Waals surface area contributed by atoms with Crippen LogP contribution >= 0.6 is 0 Å². The number of amides is 1. The number of nitrogens with one attached hydrogen (secondary N) is 1. The normalized spacial score (nSPS) is 12.8. The lowest BCUT2D eigenvalue weighted by molar-refractivity contribution is -0.116. The summed E-state index contributed by atoms with van der Waals surface area (Å²) in [4.78, 5) is 13.1. The van der Waals surface area contributed by atoms with E-state index in [-0.39, 0.29) is 17.2 Å². The Labute approximate surface area is 155 Å². The number of benzene rings is 1. The van der Waals surface area contributed by atoms with Crippen molar-refractivity contribution in [1.82, 2.24) is 0 Å². The number of phenolic OH excluding ortho intramolecular Hbond substituents is 1. The van der Waals surface area contributed by atoms with Crippen LogP contribution in [0.2, 0.25) is 23.7 Å². The Hall–Kier alpha value is -1.29. The van der Waals surface area contributed by atoms with Gasteiger partial charge in [-0.25, -0.2) is 0 Å². The number of unbranched alkanes of at least 4 members (excludes halogenated alkanes) is 4. The molecule has 1 rings (SSSR count). The van der Waals surface area contributed by atoms with Crippen LogP contribution in [0.25, 0.3) is 0 Å². The quantitative estimate of drug-likeness (QED) is 0.251. The van der Waals surface area contributed by atoms with Gasteiger partial charge in [0.2, 0.25) is 5.91 Å². The van der Waals surface area contributed by atoms with E-state index in [1.807, 2.05) is 6.07 Å². The Kier molecular flexibility index (Phi) is 9.87. The first-order valence-electron chi connectivity index (χ1n) is 10.1. The van der Waals surface area contributed by atoms with Crippen LogP contribution in [0.1, 0.15) is 66.2 Å². The summed E-state index contributed by atoms with van der Waals surface area (Å²) in [6, 6.07) is 10.5. The number of anilines is 1. The second kappa shape index (κ2) is 11.3. The zero-order chi connectivity index (χ0) is 18.7. The number of aromatic hydroxyl groups is 1. The summed E-state index contributed by atoms with van der Waals surface area (Å²) in [5.41, 5.74) is 0.670. The monoisotopic (exact) mass is 363 g/mol. The van der Waals surface area contributed by atoms with Gasteiger partial charge >= 0.3 is 0 Å². The highest BCUT2D eigenvalue weighted by atomic mass is 28.3. The van der Waals surface area contributed by atoms with Crippen LogP contribution in [-0.2, 0) is 4.79 Å². The Bertz CT molecular complexity index is 506. The lowest BCUT2D eigenvalue weighted by Crippen LogP contribution is -2.43. The van der Waals surface area contributed by atoms with Gasteiger partial charge < -0.3 is 10.4 Å². The minimum atomic E-state index is -1.64. The van der Waals surface area contributed by atoms with Crippen LogP contribution in [0.4, 0.5) is 5.69 Å². The van der Waals surface area contributed by atoms with Gasteiger partial charge in [-0.1, -0.05) is 90.1 Å². The zero-order valence-corrected chi connectivity index (χ0v) is 17.6. The summed E-state index contributed by atoms with van der Waals surface area (Å²) in [7, 11) is -1.64. The van der Waals surface area contributed by atoms with Gasteiger partial charge in [0.05, 0.1) is 13.8 Å². The van der Waals surface area contributed by atoms with E-state index in [0.29, 0.717) is 5.69 Å². The minimum Gasteiger partial charge on any atom is -0.506 e. The molecule has 0 saturated heterocycles. The zero-order valence-electron chi connectivity index (χ0n) is 16.6. The number of carbonyl (C=O) groups is 1. The van der Waals surface area contributed by atoms with Crippen molar-refractivity contribution in [3.63, 3.8) is 0 Å². The number of hydrogen-bond acceptors (Lipinski definition) is 2. The molecule has 142 valence electrons. The number of phenols is 1. The first kappa shape index (κ1) is 21.7. The molecule has 0 heterocycles. The largest absolute Gasteiger partial charge is 0.506 e. The fraction of sp³-hybridized carbons (Fsp3) is 0.667. The first-order chi connectivity index (χ1) is 12.0. The van der Waals surface area contributed by atoms with Crippen LogP contribution in [0, 0.1) is 0 Å². The van der Waals surface area contributed by atoms with Gasteiger partial charge in [0.15, 0.2) is 0 Å². The average molecular weight is 364 g/mol. The molecule has 1 aromatic carbocycles. The summed E-state index contributed by atoms with van der Waals surface area (Å²) in [5, 5.41) is 13.0. The predicted octanol–water partition coefficient (Wildman–Crippen LogP) is 6.57. The molecule has 25 heavy (non-hydrogen) atoms. The van der Waals surface area contributed by atoms with Gasteiger partial charge in [0.25, 0.3) is 0 Å². The molecule has 0 aliphatic heterocycles. The molecule has 0 aliphatic carbocycles. The van der Waals surface area contributed by atoms with E-state index in [1.54, 1.807) is 18.2 Å². The highest BCUT2D eigenvalue weighted by Crippen LogP contribution is 2.38. The molecule has 1 atom stereocenters. The van der Waals surface area contributed by atoms with E-state index in [4.69, 9.17) is 0 Å². The number of carbonyl (C=O) groups excluding carboxylic acids is 1. The molecule has 0 bridgehead atoms. The van der Waals surface area contributed by atoms with Crippen LogP contribution in [-0.4, -0.2) is 19.1 Å². The average Bonchev–Trinajstić information content (AvgIpc) is 2.63. The van der Waals surface area contributed by atoms with E-state index >= 15 is 0 Å². The van der Waals surface area contributed by atoms with Crippen LogP contribution in [0.15, 0.2) is 24.3 Å². The fourth-order valence-electron chi connectivity index (χ4n) is 3.96. The first-order valence-corrected chi connectivity index (χ1v) is 12.8. The molecular weight excluding hydrogens is 326 g/mol. The molecule has 4 heteroatoms. The van der Waals surface area contributed by atoms with Crippen molar-refractivity contribution in [2.75, 3.05) is 5.32 Å². The smallest absolute Gasteiger partial charge is 0.224 e. The molecule has 1 unspecified atom stereocenters. The van der Waals surface area contributed by atoms with E-state index in [0.717, 1.165) is 31.0 Å². The van der Waals surface area contributed by atoms with Gasteiger partial charge in [0, 0.05) is 5.54 Å². The second-order valence-corrected chi connectivity index (χ2v) is 12.7. The number of hydrogen-bond donors (Lipinski definition) is 2. The lowest BCUT2D eigenvalue weighted by atomic mass is 10.1. The van der Waals surface area contributed by atoms with E-state index in [9.17, 15) is 9.90 Å². The summed E-state index contributed by atoms with van der Waals surface area (Å²) in [6.07, 6.45) is 7.14. The molecule has 0 spiro atoms. The van der Waals surface area contributed by atoms with Crippen LogP contribution < -0.4 is 5.32 Å². The Morgan fingerprint density at radius 2 is 1.60 bits per heavy atom. The van der Waals surface area contributed by atoms with Crippen LogP contribution in [0.5, 0.6) is 5.75 Å². The molecule has 0 aliphatic rings. The summed E-state index contributed by atoms with van der Waals surface area (Å²) in [6.45, 7) is 9.01. The van der Waals surface area contributed by atoms with E-state index in [1.165, 1.54) is 25.7 Å². The third kappa shape index (κ3) is 6.18. The van der Waals surface area contributed by atoms with Crippen LogP contribution in [0.3, 0.4) is 0 Å². The van der Waals surface area contributed by atoms with Crippen molar-refractivity contribution in [3.8, 4) is 5.75 Å². The second-order valence-electron chi connectivity index (χ2n) is 7.18. The van der Waals surface area contributed by atoms with Gasteiger partial charge in [-0.15, -0.1) is 0 Å². The van der Waals surface area contributed by atoms with Gasteiger partial charge in [-0.2, -0.15) is 0 Å². The maximum atomic E-state index is 13.1. The Morgan fingerprint density at radius 3 is 2.16 bits per heavy atom. The van der Waals surface area contributed by atoms with Crippen molar-refractivity contribution in [3.05, 3.63) is 24.3 Å². The summed E-state index contributed by atoms with van der Waals surface area (Å²) in [5.74, 6) is 0.267. The van der Waals surface area contributed by atoms with Crippen molar-refractivity contribution in [2.24, 2.45) is 0 Å². The predicted molar refractivity (Wildman–Crippen MR) is 111 cm³/mol. The number of para-hydroxylation sites is 2. The summed E-state index contributed by atoms with van der Waals surface area (Å²) < 4.78 is 0. The van der Waals surface area contributed by atoms with Gasteiger partial charge in [0.1, 0.15) is 5.75 Å². The molecule has 1 amide bonds. The molecule has 0 saturated carbocycles. The van der Waals surface area contributed by atoms with Gasteiger partial charge in [-0.05, 0) is 18.6 Å². The standard InChI is InChI=1S/C21H37NO2Si/c1-5-9-10-11-12-17-20(25(6-2,7-3)8-4)21(24)22-18-15-13-14-16-19(18)23/h13-16,20,23H,5-12,17H2,1-4H3,(H,22,24). The highest BCUT2D eigenvalue weighted by Gasteiger charge is 2.40. The van der Waals surface area contributed by atoms with E-state index in [2.05, 4.69) is 33.0 Å². The molecule has 0 fully saturated rings. The topological polar surface area (TPSA) is 49.3 Å². The molecule has 2 N–H and O–H groups in total. The van der Waals surface area contributed by atoms with Crippen molar-refractivity contribution >= 4 is 19.7 Å².